The molecule has 0 bridgehead atoms. The summed E-state index contributed by atoms with van der Waals surface area (Å²) in [6, 6.07) is 5.36. The Morgan fingerprint density at radius 2 is 2.10 bits per heavy atom. The third-order valence-electron chi connectivity index (χ3n) is 4.15. The highest BCUT2D eigenvalue weighted by Crippen LogP contribution is 2.42. The van der Waals surface area contributed by atoms with Crippen molar-refractivity contribution in [3.8, 4) is 11.4 Å². The molecule has 0 amide bonds. The fraction of sp³-hybridized carbons (Fsp3) is 0.467. The molecule has 104 valence electrons. The Labute approximate surface area is 117 Å². The predicted molar refractivity (Wildman–Crippen MR) is 73.6 cm³/mol. The summed E-state index contributed by atoms with van der Waals surface area (Å²) in [5, 5.41) is 12.2. The maximum atomic E-state index is 13.6. The average Bonchev–Trinajstić information content (AvgIpc) is 3.16. The number of aromatic nitrogens is 3. The van der Waals surface area contributed by atoms with Gasteiger partial charge in [0.05, 0.1) is 6.04 Å². The molecule has 1 aliphatic heterocycles. The van der Waals surface area contributed by atoms with Gasteiger partial charge in [-0.25, -0.2) is 4.39 Å². The molecule has 0 radical (unpaired) electrons. The van der Waals surface area contributed by atoms with E-state index in [1.165, 1.54) is 18.9 Å². The van der Waals surface area contributed by atoms with E-state index < -0.39 is 0 Å². The van der Waals surface area contributed by atoms with Crippen LogP contribution in [-0.2, 0) is 6.54 Å². The zero-order chi connectivity index (χ0) is 13.7. The lowest BCUT2D eigenvalue weighted by Crippen LogP contribution is -2.35. The second-order valence-corrected chi connectivity index (χ2v) is 5.82. The Morgan fingerprint density at radius 3 is 2.85 bits per heavy atom. The lowest BCUT2D eigenvalue weighted by atomic mass is 10.1. The van der Waals surface area contributed by atoms with Crippen LogP contribution in [0.25, 0.3) is 11.4 Å². The van der Waals surface area contributed by atoms with Gasteiger partial charge in [-0.05, 0) is 49.4 Å². The van der Waals surface area contributed by atoms with Crippen LogP contribution in [-0.4, -0.2) is 21.3 Å². The minimum Gasteiger partial charge on any atom is -0.308 e. The molecule has 1 N–H and O–H groups in total. The van der Waals surface area contributed by atoms with Crippen molar-refractivity contribution in [2.45, 2.75) is 32.4 Å². The van der Waals surface area contributed by atoms with Gasteiger partial charge in [0.1, 0.15) is 5.82 Å². The molecule has 20 heavy (non-hydrogen) atoms. The molecule has 1 aliphatic carbocycles. The Hall–Kier alpha value is -1.75. The number of nitrogens with one attached hydrogen (secondary N) is 1. The van der Waals surface area contributed by atoms with E-state index in [9.17, 15) is 4.39 Å². The second-order valence-electron chi connectivity index (χ2n) is 5.82. The Morgan fingerprint density at radius 1 is 1.25 bits per heavy atom. The third kappa shape index (κ3) is 1.93. The lowest BCUT2D eigenvalue weighted by Gasteiger charge is -2.25. The van der Waals surface area contributed by atoms with Crippen LogP contribution in [0.3, 0.4) is 0 Å². The van der Waals surface area contributed by atoms with Crippen molar-refractivity contribution < 1.29 is 4.39 Å². The van der Waals surface area contributed by atoms with Gasteiger partial charge in [-0.3, -0.25) is 0 Å². The fourth-order valence-corrected chi connectivity index (χ4v) is 3.07. The summed E-state index contributed by atoms with van der Waals surface area (Å²) in [6.45, 7) is 3.67. The van der Waals surface area contributed by atoms with Crippen LogP contribution < -0.4 is 5.32 Å². The van der Waals surface area contributed by atoms with E-state index in [4.69, 9.17) is 0 Å². The van der Waals surface area contributed by atoms with E-state index in [1.54, 1.807) is 6.07 Å². The number of benzene rings is 1. The molecule has 2 aliphatic rings. The zero-order valence-electron chi connectivity index (χ0n) is 11.4. The van der Waals surface area contributed by atoms with Crippen molar-refractivity contribution in [3.05, 3.63) is 35.4 Å². The van der Waals surface area contributed by atoms with Crippen molar-refractivity contribution in [1.82, 2.24) is 20.1 Å². The van der Waals surface area contributed by atoms with Gasteiger partial charge < -0.3 is 9.88 Å². The van der Waals surface area contributed by atoms with Crippen molar-refractivity contribution in [2.24, 2.45) is 5.92 Å². The largest absolute Gasteiger partial charge is 0.308 e. The number of hydrogen-bond acceptors (Lipinski definition) is 3. The van der Waals surface area contributed by atoms with Gasteiger partial charge in [-0.2, -0.15) is 0 Å². The van der Waals surface area contributed by atoms with Crippen LogP contribution in [0.1, 0.15) is 30.3 Å². The number of rotatable bonds is 2. The summed E-state index contributed by atoms with van der Waals surface area (Å²) >= 11 is 0. The van der Waals surface area contributed by atoms with Gasteiger partial charge in [0.25, 0.3) is 0 Å². The molecule has 4 rings (SSSR count). The maximum absolute atomic E-state index is 13.6. The summed E-state index contributed by atoms with van der Waals surface area (Å²) in [5.74, 6) is 2.27. The Kier molecular flexibility index (Phi) is 2.63. The van der Waals surface area contributed by atoms with E-state index in [-0.39, 0.29) is 5.82 Å². The van der Waals surface area contributed by atoms with Crippen LogP contribution in [0.2, 0.25) is 0 Å². The molecule has 1 unspecified atom stereocenters. The molecular weight excluding hydrogens is 255 g/mol. The number of fused-ring (bicyclic) bond motifs is 1. The summed E-state index contributed by atoms with van der Waals surface area (Å²) < 4.78 is 15.7. The van der Waals surface area contributed by atoms with E-state index in [1.807, 2.05) is 13.0 Å². The second kappa shape index (κ2) is 4.38. The summed E-state index contributed by atoms with van der Waals surface area (Å²) in [4.78, 5) is 0. The van der Waals surface area contributed by atoms with Crippen molar-refractivity contribution in [1.29, 1.82) is 0 Å². The summed E-state index contributed by atoms with van der Waals surface area (Å²) in [7, 11) is 0. The van der Waals surface area contributed by atoms with Crippen LogP contribution in [0, 0.1) is 18.7 Å². The van der Waals surface area contributed by atoms with Gasteiger partial charge in [0.15, 0.2) is 11.6 Å². The van der Waals surface area contributed by atoms with Crippen LogP contribution >= 0.6 is 0 Å². The number of hydrogen-bond donors (Lipinski definition) is 1. The highest BCUT2D eigenvalue weighted by Gasteiger charge is 2.37. The number of aryl methyl sites for hydroxylation is 1. The highest BCUT2D eigenvalue weighted by atomic mass is 19.1. The minimum absolute atomic E-state index is 0.218. The molecule has 1 atom stereocenters. The van der Waals surface area contributed by atoms with Crippen molar-refractivity contribution >= 4 is 0 Å². The molecule has 0 saturated heterocycles. The SMILES string of the molecule is Cc1cc(F)cc(-c2nnc3n2CCNC3C2CC2)c1. The molecule has 1 saturated carbocycles. The van der Waals surface area contributed by atoms with Gasteiger partial charge in [-0.15, -0.1) is 10.2 Å². The molecule has 1 fully saturated rings. The van der Waals surface area contributed by atoms with E-state index in [0.29, 0.717) is 12.0 Å². The maximum Gasteiger partial charge on any atom is 0.164 e. The van der Waals surface area contributed by atoms with Crippen molar-refractivity contribution in [3.63, 3.8) is 0 Å². The monoisotopic (exact) mass is 272 g/mol. The molecule has 4 nitrogen and oxygen atoms in total. The van der Waals surface area contributed by atoms with E-state index in [0.717, 1.165) is 35.9 Å². The minimum atomic E-state index is -0.218. The van der Waals surface area contributed by atoms with Crippen LogP contribution in [0.5, 0.6) is 0 Å². The van der Waals surface area contributed by atoms with Crippen LogP contribution in [0.15, 0.2) is 18.2 Å². The smallest absolute Gasteiger partial charge is 0.164 e. The van der Waals surface area contributed by atoms with Crippen molar-refractivity contribution in [2.75, 3.05) is 6.54 Å². The molecule has 1 aromatic heterocycles. The number of nitrogens with zero attached hydrogens (tertiary/aromatic N) is 3. The van der Waals surface area contributed by atoms with Crippen LogP contribution in [0.4, 0.5) is 4.39 Å². The van der Waals surface area contributed by atoms with Gasteiger partial charge in [-0.1, -0.05) is 0 Å². The first kappa shape index (κ1) is 12.0. The lowest BCUT2D eigenvalue weighted by molar-refractivity contribution is 0.383. The quantitative estimate of drug-likeness (QED) is 0.913. The van der Waals surface area contributed by atoms with Gasteiger partial charge >= 0.3 is 0 Å². The molecular formula is C15H17FN4. The first-order chi connectivity index (χ1) is 9.72. The summed E-state index contributed by atoms with van der Waals surface area (Å²) in [6.07, 6.45) is 2.53. The highest BCUT2D eigenvalue weighted by molar-refractivity contribution is 5.57. The van der Waals surface area contributed by atoms with Gasteiger partial charge in [0.2, 0.25) is 0 Å². The fourth-order valence-electron chi connectivity index (χ4n) is 3.07. The third-order valence-corrected chi connectivity index (χ3v) is 4.15. The number of halogens is 1. The molecule has 5 heteroatoms. The zero-order valence-corrected chi connectivity index (χ0v) is 11.4. The molecule has 0 spiro atoms. The average molecular weight is 272 g/mol. The standard InChI is InChI=1S/C15H17FN4/c1-9-6-11(8-12(16)7-9)14-18-19-15-13(10-2-3-10)17-4-5-20(14)15/h6-8,10,13,17H,2-5H2,1H3. The summed E-state index contributed by atoms with van der Waals surface area (Å²) in [5.41, 5.74) is 1.72. The molecule has 2 heterocycles. The van der Waals surface area contributed by atoms with Gasteiger partial charge in [0, 0.05) is 18.7 Å². The first-order valence-electron chi connectivity index (χ1n) is 7.16. The predicted octanol–water partition coefficient (Wildman–Crippen LogP) is 2.45. The van der Waals surface area contributed by atoms with E-state index in [2.05, 4.69) is 20.1 Å². The first-order valence-corrected chi connectivity index (χ1v) is 7.16. The topological polar surface area (TPSA) is 42.7 Å². The van der Waals surface area contributed by atoms with E-state index >= 15 is 0 Å². The molecule has 2 aromatic rings. The Bertz CT molecular complexity index is 640. The normalized spacial score (nSPS) is 21.8. The molecule has 1 aromatic carbocycles. The Balaban J connectivity index is 1.79.